The van der Waals surface area contributed by atoms with E-state index in [9.17, 15) is 9.90 Å². The van der Waals surface area contributed by atoms with E-state index in [1.165, 1.54) is 25.4 Å². The minimum absolute atomic E-state index is 0. The van der Waals surface area contributed by atoms with Gasteiger partial charge in [-0.25, -0.2) is 10.5 Å². The van der Waals surface area contributed by atoms with Crippen LogP contribution in [0.2, 0.25) is 0 Å². The molecule has 0 unspecified atom stereocenters. The fraction of sp³-hybridized carbons (Fsp3) is 0.103. The molecule has 0 amide bonds. The quantitative estimate of drug-likeness (QED) is 0.374. The van der Waals surface area contributed by atoms with Gasteiger partial charge < -0.3 is 34.2 Å². The van der Waals surface area contributed by atoms with E-state index < -0.39 is 5.97 Å². The SMILES string of the molecule is CN1[C]N(c2[c-]cc(C#N)cc2)C=C1.CN1[C]N(c2[c-]cc(C#N)cc2)C=C1.COc1ccc(C(=O)[O-])nc1.[Ir+3]. The summed E-state index contributed by atoms with van der Waals surface area (Å²) in [5.41, 5.74) is 2.90. The summed E-state index contributed by atoms with van der Waals surface area (Å²) in [6.45, 7) is 6.10. The zero-order valence-electron chi connectivity index (χ0n) is 21.7. The number of methoxy groups -OCH3 is 1. The minimum atomic E-state index is -1.28. The van der Waals surface area contributed by atoms with Gasteiger partial charge in [-0.2, -0.15) is 36.4 Å². The molecule has 3 heterocycles. The molecule has 11 heteroatoms. The first-order chi connectivity index (χ1) is 18.8. The van der Waals surface area contributed by atoms with Crippen molar-refractivity contribution in [3.05, 3.63) is 122 Å². The number of aromatic carboxylic acids is 1. The largest absolute Gasteiger partial charge is 3.00 e. The first kappa shape index (κ1) is 31.4. The molecule has 4 radical (unpaired) electrons. The van der Waals surface area contributed by atoms with Gasteiger partial charge in [-0.1, -0.05) is 22.5 Å². The summed E-state index contributed by atoms with van der Waals surface area (Å²) in [5.74, 6) is -0.761. The third-order valence-corrected chi connectivity index (χ3v) is 4.96. The average Bonchev–Trinajstić information content (AvgIpc) is 3.62. The van der Waals surface area contributed by atoms with Crippen molar-refractivity contribution in [3.63, 3.8) is 0 Å². The Bertz CT molecular complexity index is 1300. The number of benzene rings is 2. The number of nitrogens with zero attached hydrogens (tertiary/aromatic N) is 7. The van der Waals surface area contributed by atoms with E-state index in [2.05, 4.69) is 42.6 Å². The van der Waals surface area contributed by atoms with Crippen LogP contribution < -0.4 is 19.6 Å². The molecular weight excluding hydrogens is 687 g/mol. The summed E-state index contributed by atoms with van der Waals surface area (Å²) in [4.78, 5) is 21.0. The van der Waals surface area contributed by atoms with Crippen molar-refractivity contribution in [1.82, 2.24) is 14.8 Å². The Kier molecular flexibility index (Phi) is 12.2. The molecule has 0 fully saturated rings. The number of hydrogen-bond donors (Lipinski definition) is 0. The molecule has 0 bridgehead atoms. The second-order valence-corrected chi connectivity index (χ2v) is 7.78. The zero-order chi connectivity index (χ0) is 28.2. The van der Waals surface area contributed by atoms with Gasteiger partial charge in [0, 0.05) is 51.0 Å². The van der Waals surface area contributed by atoms with Gasteiger partial charge in [-0.15, -0.1) is 12.1 Å². The molecule has 1 aromatic heterocycles. The fourth-order valence-corrected chi connectivity index (χ4v) is 2.97. The van der Waals surface area contributed by atoms with Gasteiger partial charge in [0.05, 0.1) is 25.0 Å². The Morgan fingerprint density at radius 2 is 1.38 bits per heavy atom. The number of carbonyl (C=O) groups excluding carboxylic acids is 1. The Morgan fingerprint density at radius 3 is 1.65 bits per heavy atom. The molecular formula is C29H22IrN7O3. The van der Waals surface area contributed by atoms with Gasteiger partial charge in [0.1, 0.15) is 5.75 Å². The Balaban J connectivity index is 0.000000210. The average molecular weight is 709 g/mol. The number of nitriles is 2. The van der Waals surface area contributed by atoms with Gasteiger partial charge in [-0.05, 0) is 12.1 Å². The molecule has 200 valence electrons. The smallest absolute Gasteiger partial charge is 0.543 e. The van der Waals surface area contributed by atoms with Crippen LogP contribution in [0, 0.1) is 48.1 Å². The number of aromatic nitrogens is 1. The second kappa shape index (κ2) is 15.5. The molecule has 2 aromatic carbocycles. The number of carboxylic acids is 1. The summed E-state index contributed by atoms with van der Waals surface area (Å²) in [6.07, 6.45) is 8.89. The number of anilines is 2. The van der Waals surface area contributed by atoms with Crippen molar-refractivity contribution in [1.29, 1.82) is 10.5 Å². The van der Waals surface area contributed by atoms with Crippen LogP contribution >= 0.6 is 0 Å². The molecule has 0 spiro atoms. The summed E-state index contributed by atoms with van der Waals surface area (Å²) in [7, 11) is 5.29. The molecule has 0 atom stereocenters. The summed E-state index contributed by atoms with van der Waals surface area (Å²) < 4.78 is 4.77. The normalized spacial score (nSPS) is 12.7. The summed E-state index contributed by atoms with van der Waals surface area (Å²) >= 11 is 0. The number of carboxylic acid groups (broad SMARTS) is 1. The predicted molar refractivity (Wildman–Crippen MR) is 140 cm³/mol. The van der Waals surface area contributed by atoms with Crippen LogP contribution in [0.15, 0.2) is 79.5 Å². The molecule has 0 saturated heterocycles. The van der Waals surface area contributed by atoms with Crippen molar-refractivity contribution in [3.8, 4) is 17.9 Å². The minimum Gasteiger partial charge on any atom is -0.543 e. The second-order valence-electron chi connectivity index (χ2n) is 7.78. The van der Waals surface area contributed by atoms with Gasteiger partial charge in [0.15, 0.2) is 0 Å². The van der Waals surface area contributed by atoms with Gasteiger partial charge >= 0.3 is 20.1 Å². The van der Waals surface area contributed by atoms with Crippen LogP contribution in [0.3, 0.4) is 0 Å². The van der Waals surface area contributed by atoms with Gasteiger partial charge in [0.25, 0.3) is 0 Å². The Hall–Kier alpha value is -4.83. The van der Waals surface area contributed by atoms with E-state index in [1.807, 2.05) is 70.6 Å². The van der Waals surface area contributed by atoms with Crippen LogP contribution in [-0.2, 0) is 20.1 Å². The fourth-order valence-electron chi connectivity index (χ4n) is 2.97. The van der Waals surface area contributed by atoms with Crippen molar-refractivity contribution in [2.75, 3.05) is 31.0 Å². The van der Waals surface area contributed by atoms with E-state index in [1.54, 1.807) is 24.3 Å². The van der Waals surface area contributed by atoms with Crippen LogP contribution in [0.4, 0.5) is 11.4 Å². The third-order valence-electron chi connectivity index (χ3n) is 4.96. The van der Waals surface area contributed by atoms with Gasteiger partial charge in [-0.3, -0.25) is 4.98 Å². The van der Waals surface area contributed by atoms with E-state index >= 15 is 0 Å². The predicted octanol–water partition coefficient (Wildman–Crippen LogP) is 2.61. The molecule has 2 aliphatic heterocycles. The molecule has 0 saturated carbocycles. The molecule has 3 aromatic rings. The van der Waals surface area contributed by atoms with Crippen molar-refractivity contribution in [2.45, 2.75) is 0 Å². The maximum Gasteiger partial charge on any atom is 3.00 e. The number of ether oxygens (including phenoxy) is 1. The monoisotopic (exact) mass is 709 g/mol. The maximum atomic E-state index is 10.2. The summed E-state index contributed by atoms with van der Waals surface area (Å²) in [6, 6.07) is 23.5. The van der Waals surface area contributed by atoms with E-state index in [-0.39, 0.29) is 25.8 Å². The third kappa shape index (κ3) is 9.17. The van der Waals surface area contributed by atoms with Crippen molar-refractivity contribution >= 4 is 17.3 Å². The molecule has 2 aliphatic rings. The molecule has 0 N–H and O–H groups in total. The molecule has 0 aliphatic carbocycles. The number of carbonyl (C=O) groups is 1. The Labute approximate surface area is 247 Å². The summed E-state index contributed by atoms with van der Waals surface area (Å²) in [5, 5.41) is 27.4. The number of rotatable bonds is 4. The van der Waals surface area contributed by atoms with Crippen LogP contribution in [-0.4, -0.2) is 42.0 Å². The van der Waals surface area contributed by atoms with Crippen LogP contribution in [0.5, 0.6) is 5.75 Å². The van der Waals surface area contributed by atoms with E-state index in [4.69, 9.17) is 15.3 Å². The van der Waals surface area contributed by atoms with E-state index in [0.29, 0.717) is 16.9 Å². The standard InChI is InChI=1S/2C11H8N3.C7H7NO3.Ir/c2*1-13-6-7-14(9-13)11-4-2-10(8-12)3-5-11;1-11-5-2-3-6(7(9)10)8-4-5;/h2*2-4,6-7H,1H3;2-4H,1H3,(H,9,10);/q2*-1;;+3/p-1. The number of hydrogen-bond acceptors (Lipinski definition) is 10. The maximum absolute atomic E-state index is 10.2. The molecule has 5 rings (SSSR count). The zero-order valence-corrected chi connectivity index (χ0v) is 24.1. The molecule has 10 nitrogen and oxygen atoms in total. The number of pyridine rings is 1. The first-order valence-electron chi connectivity index (χ1n) is 11.3. The Morgan fingerprint density at radius 1 is 0.875 bits per heavy atom. The molecule has 40 heavy (non-hydrogen) atoms. The first-order valence-corrected chi connectivity index (χ1v) is 11.3. The van der Waals surface area contributed by atoms with Crippen molar-refractivity contribution in [2.24, 2.45) is 0 Å². The van der Waals surface area contributed by atoms with Crippen LogP contribution in [0.1, 0.15) is 21.6 Å². The van der Waals surface area contributed by atoms with E-state index in [0.717, 1.165) is 11.4 Å². The topological polar surface area (TPSA) is 123 Å². The van der Waals surface area contributed by atoms with Gasteiger partial charge in [0.2, 0.25) is 13.3 Å². The van der Waals surface area contributed by atoms with Crippen LogP contribution in [0.25, 0.3) is 0 Å². The van der Waals surface area contributed by atoms with Crippen molar-refractivity contribution < 1.29 is 34.7 Å².